The first-order valence-corrected chi connectivity index (χ1v) is 7.16. The van der Waals surface area contributed by atoms with Gasteiger partial charge in [0.25, 0.3) is 0 Å². The van der Waals surface area contributed by atoms with Crippen LogP contribution in [0.5, 0.6) is 0 Å². The van der Waals surface area contributed by atoms with E-state index in [1.54, 1.807) is 24.3 Å². The summed E-state index contributed by atoms with van der Waals surface area (Å²) >= 11 is 5.98. The van der Waals surface area contributed by atoms with Gasteiger partial charge in [-0.25, -0.2) is 9.59 Å². The summed E-state index contributed by atoms with van der Waals surface area (Å²) in [6.45, 7) is 6.54. The molecule has 0 unspecified atom stereocenters. The van der Waals surface area contributed by atoms with Gasteiger partial charge in [0.1, 0.15) is 0 Å². The van der Waals surface area contributed by atoms with Crippen molar-refractivity contribution >= 4 is 23.6 Å². The van der Waals surface area contributed by atoms with Gasteiger partial charge in [-0.3, -0.25) is 0 Å². The zero-order valence-electron chi connectivity index (χ0n) is 12.4. The molecule has 0 bridgehead atoms. The van der Waals surface area contributed by atoms with Crippen LogP contribution in [0.1, 0.15) is 38.8 Å². The van der Waals surface area contributed by atoms with E-state index in [1.807, 2.05) is 20.8 Å². The first-order chi connectivity index (χ1) is 9.76. The van der Waals surface area contributed by atoms with Crippen LogP contribution in [-0.4, -0.2) is 23.7 Å². The van der Waals surface area contributed by atoms with Gasteiger partial charge in [-0.2, -0.15) is 0 Å². The zero-order valence-corrected chi connectivity index (χ0v) is 13.2. The third-order valence-electron chi connectivity index (χ3n) is 3.42. The SMILES string of the molecule is CCC(C)(C)CNC(=O)N[C@@H](C(=O)O)c1ccccc1Cl. The van der Waals surface area contributed by atoms with Gasteiger partial charge in [-0.1, -0.05) is 50.6 Å². The lowest BCUT2D eigenvalue weighted by atomic mass is 9.90. The summed E-state index contributed by atoms with van der Waals surface area (Å²) in [4.78, 5) is 23.2. The number of hydrogen-bond donors (Lipinski definition) is 3. The van der Waals surface area contributed by atoms with E-state index in [0.717, 1.165) is 6.42 Å². The highest BCUT2D eigenvalue weighted by Gasteiger charge is 2.25. The monoisotopic (exact) mass is 312 g/mol. The topological polar surface area (TPSA) is 78.4 Å². The fraction of sp³-hybridized carbons (Fsp3) is 0.467. The van der Waals surface area contributed by atoms with Gasteiger partial charge in [-0.15, -0.1) is 0 Å². The number of hydrogen-bond acceptors (Lipinski definition) is 2. The second-order valence-corrected chi connectivity index (χ2v) is 6.04. The number of amides is 2. The van der Waals surface area contributed by atoms with Crippen molar-refractivity contribution in [1.82, 2.24) is 10.6 Å². The van der Waals surface area contributed by atoms with E-state index in [0.29, 0.717) is 17.1 Å². The molecule has 0 saturated heterocycles. The Morgan fingerprint density at radius 2 is 1.95 bits per heavy atom. The van der Waals surface area contributed by atoms with Crippen molar-refractivity contribution in [2.45, 2.75) is 33.2 Å². The Morgan fingerprint density at radius 1 is 1.33 bits per heavy atom. The van der Waals surface area contributed by atoms with E-state index in [1.165, 1.54) is 0 Å². The fourth-order valence-electron chi connectivity index (χ4n) is 1.61. The second kappa shape index (κ2) is 7.31. The average Bonchev–Trinajstić information content (AvgIpc) is 2.43. The minimum Gasteiger partial charge on any atom is -0.479 e. The summed E-state index contributed by atoms with van der Waals surface area (Å²) in [5.74, 6) is -1.16. The van der Waals surface area contributed by atoms with Crippen LogP contribution >= 0.6 is 11.6 Å². The quantitative estimate of drug-likeness (QED) is 0.754. The van der Waals surface area contributed by atoms with Crippen molar-refractivity contribution in [3.8, 4) is 0 Å². The van der Waals surface area contributed by atoms with E-state index >= 15 is 0 Å². The molecule has 0 spiro atoms. The van der Waals surface area contributed by atoms with Crippen LogP contribution < -0.4 is 10.6 Å². The van der Waals surface area contributed by atoms with Gasteiger partial charge in [0.05, 0.1) is 0 Å². The number of halogens is 1. The molecule has 0 radical (unpaired) electrons. The van der Waals surface area contributed by atoms with Gasteiger partial charge in [-0.05, 0) is 17.9 Å². The molecule has 1 aromatic rings. The van der Waals surface area contributed by atoms with E-state index in [-0.39, 0.29) is 5.41 Å². The molecule has 116 valence electrons. The highest BCUT2D eigenvalue weighted by atomic mass is 35.5. The minimum atomic E-state index is -1.18. The molecular formula is C15H21ClN2O3. The fourth-order valence-corrected chi connectivity index (χ4v) is 1.85. The molecule has 1 rings (SSSR count). The van der Waals surface area contributed by atoms with Crippen LogP contribution in [0.25, 0.3) is 0 Å². The number of carboxylic acids is 1. The summed E-state index contributed by atoms with van der Waals surface area (Å²) in [5.41, 5.74) is 0.317. The maximum absolute atomic E-state index is 11.9. The van der Waals surface area contributed by atoms with Crippen molar-refractivity contribution in [2.24, 2.45) is 5.41 Å². The molecule has 0 aliphatic rings. The third kappa shape index (κ3) is 5.27. The molecule has 0 fully saturated rings. The van der Waals surface area contributed by atoms with Crippen molar-refractivity contribution in [3.05, 3.63) is 34.9 Å². The molecule has 5 nitrogen and oxygen atoms in total. The van der Waals surface area contributed by atoms with Crippen LogP contribution in [0.3, 0.4) is 0 Å². The molecule has 0 aromatic heterocycles. The average molecular weight is 313 g/mol. The predicted octanol–water partition coefficient (Wildman–Crippen LogP) is 3.20. The number of carbonyl (C=O) groups is 2. The largest absolute Gasteiger partial charge is 0.479 e. The molecule has 2 amide bonds. The van der Waals surface area contributed by atoms with E-state index < -0.39 is 18.0 Å². The molecular weight excluding hydrogens is 292 g/mol. The Hall–Kier alpha value is -1.75. The van der Waals surface area contributed by atoms with Crippen LogP contribution in [-0.2, 0) is 4.79 Å². The molecule has 1 aromatic carbocycles. The molecule has 1 atom stereocenters. The van der Waals surface area contributed by atoms with E-state index in [9.17, 15) is 14.7 Å². The Kier molecular flexibility index (Phi) is 6.03. The number of rotatable bonds is 6. The number of carbonyl (C=O) groups excluding carboxylic acids is 1. The van der Waals surface area contributed by atoms with Gasteiger partial charge in [0, 0.05) is 17.1 Å². The Morgan fingerprint density at radius 3 is 2.48 bits per heavy atom. The van der Waals surface area contributed by atoms with Crippen LogP contribution in [0.4, 0.5) is 4.79 Å². The van der Waals surface area contributed by atoms with Crippen LogP contribution in [0, 0.1) is 5.41 Å². The predicted molar refractivity (Wildman–Crippen MR) is 82.4 cm³/mol. The van der Waals surface area contributed by atoms with Crippen molar-refractivity contribution in [1.29, 1.82) is 0 Å². The summed E-state index contributed by atoms with van der Waals surface area (Å²) in [7, 11) is 0. The van der Waals surface area contributed by atoms with E-state index in [4.69, 9.17) is 11.6 Å². The molecule has 6 heteroatoms. The first kappa shape index (κ1) is 17.3. The molecule has 0 aliphatic carbocycles. The number of aliphatic carboxylic acids is 1. The summed E-state index contributed by atoms with van der Waals surface area (Å²) in [5, 5.41) is 14.7. The number of urea groups is 1. The maximum Gasteiger partial charge on any atom is 0.331 e. The highest BCUT2D eigenvalue weighted by molar-refractivity contribution is 6.31. The first-order valence-electron chi connectivity index (χ1n) is 6.78. The Balaban J connectivity index is 2.74. The normalized spacial score (nSPS) is 12.6. The Labute approximate surface area is 129 Å². The lowest BCUT2D eigenvalue weighted by Gasteiger charge is -2.24. The minimum absolute atomic E-state index is 0.0412. The summed E-state index contributed by atoms with van der Waals surface area (Å²) in [6, 6.07) is 4.85. The number of carboxylic acid groups (broad SMARTS) is 1. The number of benzene rings is 1. The van der Waals surface area contributed by atoms with Gasteiger partial charge in [0.15, 0.2) is 6.04 Å². The molecule has 3 N–H and O–H groups in total. The molecule has 0 aliphatic heterocycles. The van der Waals surface area contributed by atoms with Gasteiger partial charge >= 0.3 is 12.0 Å². The third-order valence-corrected chi connectivity index (χ3v) is 3.77. The second-order valence-electron chi connectivity index (χ2n) is 5.64. The highest BCUT2D eigenvalue weighted by Crippen LogP contribution is 2.23. The van der Waals surface area contributed by atoms with Gasteiger partial charge in [0.2, 0.25) is 0 Å². The van der Waals surface area contributed by atoms with Crippen LogP contribution in [0.15, 0.2) is 24.3 Å². The van der Waals surface area contributed by atoms with Crippen molar-refractivity contribution in [2.75, 3.05) is 6.54 Å². The molecule has 21 heavy (non-hydrogen) atoms. The smallest absolute Gasteiger partial charge is 0.331 e. The standard InChI is InChI=1S/C15H21ClN2O3/c1-4-15(2,3)9-17-14(21)18-12(13(19)20)10-7-5-6-8-11(10)16/h5-8,12H,4,9H2,1-3H3,(H,19,20)(H2,17,18,21)/t12-/m1/s1. The van der Waals surface area contributed by atoms with Crippen molar-refractivity contribution < 1.29 is 14.7 Å². The molecule has 0 saturated carbocycles. The maximum atomic E-state index is 11.9. The van der Waals surface area contributed by atoms with E-state index in [2.05, 4.69) is 10.6 Å². The van der Waals surface area contributed by atoms with Crippen LogP contribution in [0.2, 0.25) is 5.02 Å². The Bertz CT molecular complexity index is 517. The van der Waals surface area contributed by atoms with Crippen molar-refractivity contribution in [3.63, 3.8) is 0 Å². The zero-order chi connectivity index (χ0) is 16.0. The lowest BCUT2D eigenvalue weighted by Crippen LogP contribution is -2.44. The summed E-state index contributed by atoms with van der Waals surface area (Å²) < 4.78 is 0. The molecule has 0 heterocycles. The number of nitrogens with one attached hydrogen (secondary N) is 2. The summed E-state index contributed by atoms with van der Waals surface area (Å²) in [6.07, 6.45) is 0.903. The lowest BCUT2D eigenvalue weighted by molar-refractivity contribution is -0.139. The van der Waals surface area contributed by atoms with Gasteiger partial charge < -0.3 is 15.7 Å².